The van der Waals surface area contributed by atoms with E-state index >= 15 is 0 Å². The second kappa shape index (κ2) is 12.5. The van der Waals surface area contributed by atoms with Gasteiger partial charge in [0.2, 0.25) is 0 Å². The lowest BCUT2D eigenvalue weighted by atomic mass is 10.2. The summed E-state index contributed by atoms with van der Waals surface area (Å²) in [5, 5.41) is 24.4. The molecule has 0 amide bonds. The van der Waals surface area contributed by atoms with Crippen molar-refractivity contribution >= 4 is 0 Å². The van der Waals surface area contributed by atoms with Crippen LogP contribution in [0.4, 0.5) is 0 Å². The maximum Gasteiger partial charge on any atom is 0.0478 e. The van der Waals surface area contributed by atoms with Crippen LogP contribution in [-0.2, 0) is 0 Å². The van der Waals surface area contributed by atoms with Crippen LogP contribution in [0, 0.1) is 5.92 Å². The van der Waals surface area contributed by atoms with Gasteiger partial charge in [0, 0.05) is 25.7 Å². The first-order chi connectivity index (χ1) is 5.22. The third kappa shape index (κ3) is 17.7. The van der Waals surface area contributed by atoms with Crippen molar-refractivity contribution in [3.8, 4) is 0 Å². The highest BCUT2D eigenvalue weighted by atomic mass is 16.3. The van der Waals surface area contributed by atoms with Crippen molar-refractivity contribution in [2.45, 2.75) is 26.7 Å². The van der Waals surface area contributed by atoms with Crippen LogP contribution in [0.2, 0.25) is 0 Å². The predicted octanol–water partition coefficient (Wildman–Crippen LogP) is 0.386. The third-order valence-corrected chi connectivity index (χ3v) is 1.14. The Bertz CT molecular complexity index is 51.3. The van der Waals surface area contributed by atoms with Crippen molar-refractivity contribution in [1.82, 2.24) is 0 Å². The summed E-state index contributed by atoms with van der Waals surface area (Å²) in [6.45, 7) is 4.33. The number of aliphatic hydroxyl groups is 3. The average molecular weight is 164 g/mol. The van der Waals surface area contributed by atoms with E-state index in [1.807, 2.05) is 0 Å². The van der Waals surface area contributed by atoms with Crippen LogP contribution in [0.5, 0.6) is 0 Å². The Kier molecular flexibility index (Phi) is 15.4. The number of hydrogen-bond donors (Lipinski definition) is 3. The van der Waals surface area contributed by atoms with E-state index in [1.54, 1.807) is 6.92 Å². The van der Waals surface area contributed by atoms with Gasteiger partial charge in [-0.05, 0) is 6.42 Å². The van der Waals surface area contributed by atoms with E-state index < -0.39 is 0 Å². The summed E-state index contributed by atoms with van der Waals surface area (Å²) < 4.78 is 0. The molecule has 0 aliphatic rings. The molecular weight excluding hydrogens is 144 g/mol. The fourth-order valence-corrected chi connectivity index (χ4v) is 0.216. The topological polar surface area (TPSA) is 60.7 Å². The molecule has 0 rings (SSSR count). The molecule has 0 aliphatic carbocycles. The molecule has 11 heavy (non-hydrogen) atoms. The van der Waals surface area contributed by atoms with Gasteiger partial charge in [0.15, 0.2) is 0 Å². The largest absolute Gasteiger partial charge is 0.396 e. The SMILES string of the molecule is CC(CO)CO.CCCCO. The van der Waals surface area contributed by atoms with Crippen LogP contribution >= 0.6 is 0 Å². The highest BCUT2D eigenvalue weighted by Gasteiger charge is 1.91. The molecule has 0 aromatic rings. The first-order valence-electron chi connectivity index (χ1n) is 4.05. The van der Waals surface area contributed by atoms with Crippen molar-refractivity contribution < 1.29 is 15.3 Å². The third-order valence-electron chi connectivity index (χ3n) is 1.14. The van der Waals surface area contributed by atoms with E-state index in [2.05, 4.69) is 6.92 Å². The normalized spacial score (nSPS) is 9.27. The van der Waals surface area contributed by atoms with Gasteiger partial charge >= 0.3 is 0 Å². The molecular formula is C8H20O3. The molecule has 3 heteroatoms. The first kappa shape index (κ1) is 13.5. The first-order valence-corrected chi connectivity index (χ1v) is 4.05. The summed E-state index contributed by atoms with van der Waals surface area (Å²) in [6, 6.07) is 0. The van der Waals surface area contributed by atoms with Gasteiger partial charge in [0.25, 0.3) is 0 Å². The number of hydrogen-bond acceptors (Lipinski definition) is 3. The van der Waals surface area contributed by atoms with Crippen molar-refractivity contribution in [3.05, 3.63) is 0 Å². The van der Waals surface area contributed by atoms with Crippen LogP contribution in [0.1, 0.15) is 26.7 Å². The fourth-order valence-electron chi connectivity index (χ4n) is 0.216. The lowest BCUT2D eigenvalue weighted by Crippen LogP contribution is -2.04. The van der Waals surface area contributed by atoms with Crippen LogP contribution in [0.25, 0.3) is 0 Å². The van der Waals surface area contributed by atoms with Crippen molar-refractivity contribution in [2.75, 3.05) is 19.8 Å². The number of unbranched alkanes of at least 4 members (excludes halogenated alkanes) is 1. The quantitative estimate of drug-likeness (QED) is 0.563. The second-order valence-corrected chi connectivity index (χ2v) is 2.55. The zero-order valence-corrected chi connectivity index (χ0v) is 7.45. The van der Waals surface area contributed by atoms with E-state index in [4.69, 9.17) is 15.3 Å². The highest BCUT2D eigenvalue weighted by molar-refractivity contribution is 4.41. The molecule has 0 fully saturated rings. The summed E-state index contributed by atoms with van der Waals surface area (Å²) >= 11 is 0. The van der Waals surface area contributed by atoms with Crippen LogP contribution < -0.4 is 0 Å². The zero-order chi connectivity index (χ0) is 9.11. The molecule has 0 aromatic heterocycles. The van der Waals surface area contributed by atoms with E-state index in [0.717, 1.165) is 12.8 Å². The Hall–Kier alpha value is -0.120. The molecule has 0 heterocycles. The summed E-state index contributed by atoms with van der Waals surface area (Å²) in [6.07, 6.45) is 2.04. The molecule has 3 nitrogen and oxygen atoms in total. The van der Waals surface area contributed by atoms with Gasteiger partial charge in [-0.1, -0.05) is 20.3 Å². The predicted molar refractivity (Wildman–Crippen MR) is 45.3 cm³/mol. The lowest BCUT2D eigenvalue weighted by Gasteiger charge is -1.97. The molecule has 70 valence electrons. The zero-order valence-electron chi connectivity index (χ0n) is 7.45. The smallest absolute Gasteiger partial charge is 0.0478 e. The second-order valence-electron chi connectivity index (χ2n) is 2.55. The Balaban J connectivity index is 0. The molecule has 0 aliphatic heterocycles. The van der Waals surface area contributed by atoms with Crippen molar-refractivity contribution in [1.29, 1.82) is 0 Å². The molecule has 0 bridgehead atoms. The van der Waals surface area contributed by atoms with Crippen LogP contribution in [0.15, 0.2) is 0 Å². The van der Waals surface area contributed by atoms with Gasteiger partial charge in [0.05, 0.1) is 0 Å². The maximum absolute atomic E-state index is 8.17. The Morgan fingerprint density at radius 1 is 1.09 bits per heavy atom. The van der Waals surface area contributed by atoms with E-state index in [9.17, 15) is 0 Å². The van der Waals surface area contributed by atoms with Gasteiger partial charge < -0.3 is 15.3 Å². The van der Waals surface area contributed by atoms with E-state index in [-0.39, 0.29) is 19.1 Å². The molecule has 3 N–H and O–H groups in total. The summed E-state index contributed by atoms with van der Waals surface area (Å²) in [7, 11) is 0. The lowest BCUT2D eigenvalue weighted by molar-refractivity contribution is 0.162. The van der Waals surface area contributed by atoms with Crippen molar-refractivity contribution in [3.63, 3.8) is 0 Å². The van der Waals surface area contributed by atoms with Gasteiger partial charge in [0.1, 0.15) is 0 Å². The van der Waals surface area contributed by atoms with Gasteiger partial charge in [-0.15, -0.1) is 0 Å². The van der Waals surface area contributed by atoms with Crippen molar-refractivity contribution in [2.24, 2.45) is 5.92 Å². The van der Waals surface area contributed by atoms with E-state index in [0.29, 0.717) is 6.61 Å². The number of aliphatic hydroxyl groups excluding tert-OH is 3. The average Bonchev–Trinajstić information content (AvgIpc) is 2.06. The maximum atomic E-state index is 8.17. The van der Waals surface area contributed by atoms with Crippen LogP contribution in [0.3, 0.4) is 0 Å². The molecule has 0 unspecified atom stereocenters. The summed E-state index contributed by atoms with van der Waals surface area (Å²) in [5.41, 5.74) is 0. The number of rotatable bonds is 4. The standard InChI is InChI=1S/C4H10O2.C4H10O/c1-4(2-5)3-6;1-2-3-4-5/h4-6H,2-3H2,1H3;5H,2-4H2,1H3. The Morgan fingerprint density at radius 3 is 1.55 bits per heavy atom. The molecule has 0 atom stereocenters. The highest BCUT2D eigenvalue weighted by Crippen LogP contribution is 1.85. The minimum Gasteiger partial charge on any atom is -0.396 e. The molecule has 0 saturated heterocycles. The monoisotopic (exact) mass is 164 g/mol. The Morgan fingerprint density at radius 2 is 1.55 bits per heavy atom. The van der Waals surface area contributed by atoms with Gasteiger partial charge in [-0.3, -0.25) is 0 Å². The fraction of sp³-hybridized carbons (Fsp3) is 1.00. The minimum atomic E-state index is 0.0463. The molecule has 0 saturated carbocycles. The minimum absolute atomic E-state index is 0.0463. The molecule has 0 spiro atoms. The Labute approximate surface area is 68.7 Å². The van der Waals surface area contributed by atoms with Gasteiger partial charge in [-0.25, -0.2) is 0 Å². The molecule has 0 radical (unpaired) electrons. The van der Waals surface area contributed by atoms with Crippen LogP contribution in [-0.4, -0.2) is 35.1 Å². The van der Waals surface area contributed by atoms with E-state index in [1.165, 1.54) is 0 Å². The van der Waals surface area contributed by atoms with Gasteiger partial charge in [-0.2, -0.15) is 0 Å². The summed E-state index contributed by atoms with van der Waals surface area (Å²) in [4.78, 5) is 0. The molecule has 0 aromatic carbocycles. The summed E-state index contributed by atoms with van der Waals surface area (Å²) in [5.74, 6) is 0.0463.